The molecule has 2 rings (SSSR count). The Morgan fingerprint density at radius 1 is 1.38 bits per heavy atom. The molecule has 1 aliphatic rings. The maximum Gasteiger partial charge on any atom is 0.406 e. The first-order valence-corrected chi connectivity index (χ1v) is 6.38. The lowest BCUT2D eigenvalue weighted by molar-refractivity contribution is -0.147. The van der Waals surface area contributed by atoms with Crippen molar-refractivity contribution in [3.8, 4) is 0 Å². The van der Waals surface area contributed by atoms with Gasteiger partial charge >= 0.3 is 6.18 Å². The standard InChI is InChI=1S/C12H14F3N3O3/c13-12(14,15)7-18(8-3-5-21-6-4-8)11(20)9-1-2-10(19)17-16-9/h1-2,8H,3-7H2,(H,17,19). The lowest BCUT2D eigenvalue weighted by Crippen LogP contribution is -2.48. The van der Waals surface area contributed by atoms with Crippen LogP contribution in [-0.4, -0.2) is 53.0 Å². The van der Waals surface area contributed by atoms with Gasteiger partial charge in [-0.05, 0) is 18.9 Å². The number of aromatic amines is 1. The van der Waals surface area contributed by atoms with Crippen LogP contribution >= 0.6 is 0 Å². The van der Waals surface area contributed by atoms with Crippen molar-refractivity contribution >= 4 is 5.91 Å². The van der Waals surface area contributed by atoms with Gasteiger partial charge in [0.15, 0.2) is 0 Å². The zero-order chi connectivity index (χ0) is 15.5. The zero-order valence-electron chi connectivity index (χ0n) is 11.0. The van der Waals surface area contributed by atoms with E-state index in [2.05, 4.69) is 5.10 Å². The van der Waals surface area contributed by atoms with Crippen LogP contribution in [0.3, 0.4) is 0 Å². The molecule has 0 bridgehead atoms. The number of halogens is 3. The monoisotopic (exact) mass is 305 g/mol. The van der Waals surface area contributed by atoms with E-state index in [4.69, 9.17) is 4.74 Å². The van der Waals surface area contributed by atoms with Crippen molar-refractivity contribution in [3.63, 3.8) is 0 Å². The van der Waals surface area contributed by atoms with E-state index >= 15 is 0 Å². The van der Waals surface area contributed by atoms with Crippen LogP contribution in [0.5, 0.6) is 0 Å². The molecular formula is C12H14F3N3O3. The number of alkyl halides is 3. The van der Waals surface area contributed by atoms with Crippen LogP contribution in [0.15, 0.2) is 16.9 Å². The Bertz CT molecular complexity index is 532. The van der Waals surface area contributed by atoms with E-state index in [9.17, 15) is 22.8 Å². The number of nitrogens with zero attached hydrogens (tertiary/aromatic N) is 2. The third-order valence-corrected chi connectivity index (χ3v) is 3.14. The van der Waals surface area contributed by atoms with E-state index in [1.54, 1.807) is 0 Å². The minimum atomic E-state index is -4.50. The Kier molecular flexibility index (Phi) is 4.61. The van der Waals surface area contributed by atoms with Crippen molar-refractivity contribution in [2.75, 3.05) is 19.8 Å². The maximum absolute atomic E-state index is 12.7. The van der Waals surface area contributed by atoms with Gasteiger partial charge in [0.2, 0.25) is 0 Å². The van der Waals surface area contributed by atoms with E-state index in [0.29, 0.717) is 26.1 Å². The first-order valence-electron chi connectivity index (χ1n) is 6.38. The first kappa shape index (κ1) is 15.5. The van der Waals surface area contributed by atoms with Crippen molar-refractivity contribution in [1.29, 1.82) is 0 Å². The number of aromatic nitrogens is 2. The lowest BCUT2D eigenvalue weighted by Gasteiger charge is -2.34. The van der Waals surface area contributed by atoms with Gasteiger partial charge in [-0.3, -0.25) is 9.59 Å². The highest BCUT2D eigenvalue weighted by atomic mass is 19.4. The molecule has 0 radical (unpaired) electrons. The number of hydrogen-bond donors (Lipinski definition) is 1. The highest BCUT2D eigenvalue weighted by Crippen LogP contribution is 2.23. The molecule has 0 aliphatic carbocycles. The summed E-state index contributed by atoms with van der Waals surface area (Å²) in [5.74, 6) is -0.851. The quantitative estimate of drug-likeness (QED) is 0.902. The molecule has 6 nitrogen and oxygen atoms in total. The van der Waals surface area contributed by atoms with Gasteiger partial charge in [-0.15, -0.1) is 0 Å². The minimum absolute atomic E-state index is 0.217. The summed E-state index contributed by atoms with van der Waals surface area (Å²) >= 11 is 0. The summed E-state index contributed by atoms with van der Waals surface area (Å²) in [4.78, 5) is 23.9. The molecule has 1 saturated heterocycles. The summed E-state index contributed by atoms with van der Waals surface area (Å²) in [6.45, 7) is -0.728. The van der Waals surface area contributed by atoms with E-state index < -0.39 is 30.2 Å². The number of nitrogens with one attached hydrogen (secondary N) is 1. The number of ether oxygens (including phenoxy) is 1. The third-order valence-electron chi connectivity index (χ3n) is 3.14. The molecule has 1 N–H and O–H groups in total. The summed E-state index contributed by atoms with van der Waals surface area (Å²) in [7, 11) is 0. The normalized spacial score (nSPS) is 16.7. The third kappa shape index (κ3) is 4.28. The van der Waals surface area contributed by atoms with Gasteiger partial charge in [0.25, 0.3) is 11.5 Å². The van der Waals surface area contributed by atoms with Crippen molar-refractivity contribution in [2.24, 2.45) is 0 Å². The Balaban J connectivity index is 2.22. The molecule has 1 aromatic rings. The van der Waals surface area contributed by atoms with Crippen molar-refractivity contribution < 1.29 is 22.7 Å². The van der Waals surface area contributed by atoms with E-state index in [1.807, 2.05) is 5.10 Å². The number of rotatable bonds is 3. The van der Waals surface area contributed by atoms with Gasteiger partial charge < -0.3 is 9.64 Å². The van der Waals surface area contributed by atoms with Gasteiger partial charge in [-0.25, -0.2) is 5.10 Å². The van der Waals surface area contributed by atoms with Gasteiger partial charge in [0, 0.05) is 25.3 Å². The van der Waals surface area contributed by atoms with Crippen LogP contribution < -0.4 is 5.56 Å². The highest BCUT2D eigenvalue weighted by molar-refractivity contribution is 5.92. The number of carbonyl (C=O) groups is 1. The molecule has 2 heterocycles. The van der Waals surface area contributed by atoms with Crippen LogP contribution in [0.25, 0.3) is 0 Å². The predicted molar refractivity (Wildman–Crippen MR) is 65.8 cm³/mol. The van der Waals surface area contributed by atoms with E-state index in [1.165, 1.54) is 0 Å². The summed E-state index contributed by atoms with van der Waals surface area (Å²) in [5, 5.41) is 5.54. The highest BCUT2D eigenvalue weighted by Gasteiger charge is 2.37. The minimum Gasteiger partial charge on any atom is -0.381 e. The summed E-state index contributed by atoms with van der Waals surface area (Å²) in [6.07, 6.45) is -3.83. The van der Waals surface area contributed by atoms with E-state index in [0.717, 1.165) is 17.0 Å². The van der Waals surface area contributed by atoms with Gasteiger partial charge in [-0.2, -0.15) is 18.3 Å². The second kappa shape index (κ2) is 6.25. The van der Waals surface area contributed by atoms with Crippen molar-refractivity contribution in [2.45, 2.75) is 25.1 Å². The smallest absolute Gasteiger partial charge is 0.381 e. The Labute approximate surface area is 117 Å². The molecular weight excluding hydrogens is 291 g/mol. The molecule has 21 heavy (non-hydrogen) atoms. The zero-order valence-corrected chi connectivity index (χ0v) is 11.0. The lowest BCUT2D eigenvalue weighted by atomic mass is 10.1. The van der Waals surface area contributed by atoms with Gasteiger partial charge in [-0.1, -0.05) is 0 Å². The van der Waals surface area contributed by atoms with Crippen LogP contribution in [0.2, 0.25) is 0 Å². The molecule has 0 saturated carbocycles. The fourth-order valence-electron chi connectivity index (χ4n) is 2.17. The van der Waals surface area contributed by atoms with Crippen molar-refractivity contribution in [3.05, 3.63) is 28.2 Å². The SMILES string of the molecule is O=C(c1ccc(=O)[nH]n1)N(CC(F)(F)F)C1CCOCC1. The molecule has 1 amide bonds. The van der Waals surface area contributed by atoms with Gasteiger partial charge in [0.05, 0.1) is 0 Å². The maximum atomic E-state index is 12.7. The Hall–Kier alpha value is -1.90. The van der Waals surface area contributed by atoms with Crippen LogP contribution in [-0.2, 0) is 4.74 Å². The second-order valence-electron chi connectivity index (χ2n) is 4.70. The molecule has 9 heteroatoms. The second-order valence-corrected chi connectivity index (χ2v) is 4.70. The first-order chi connectivity index (χ1) is 9.87. The number of carbonyl (C=O) groups excluding carboxylic acids is 1. The molecule has 0 unspecified atom stereocenters. The average molecular weight is 305 g/mol. The van der Waals surface area contributed by atoms with Crippen LogP contribution in [0.1, 0.15) is 23.3 Å². The Morgan fingerprint density at radius 3 is 2.57 bits per heavy atom. The fraction of sp³-hybridized carbons (Fsp3) is 0.583. The average Bonchev–Trinajstić information content (AvgIpc) is 2.45. The van der Waals surface area contributed by atoms with Crippen LogP contribution in [0.4, 0.5) is 13.2 Å². The largest absolute Gasteiger partial charge is 0.406 e. The van der Waals surface area contributed by atoms with Gasteiger partial charge in [0.1, 0.15) is 12.2 Å². The summed E-state index contributed by atoms with van der Waals surface area (Å²) in [5.41, 5.74) is -0.745. The fourth-order valence-corrected chi connectivity index (χ4v) is 2.17. The number of hydrogen-bond acceptors (Lipinski definition) is 4. The van der Waals surface area contributed by atoms with Crippen LogP contribution in [0, 0.1) is 0 Å². The molecule has 0 spiro atoms. The molecule has 1 aromatic heterocycles. The van der Waals surface area contributed by atoms with Crippen molar-refractivity contribution in [1.82, 2.24) is 15.1 Å². The molecule has 0 aromatic carbocycles. The molecule has 1 fully saturated rings. The number of amides is 1. The summed E-state index contributed by atoms with van der Waals surface area (Å²) in [6, 6.07) is 1.61. The topological polar surface area (TPSA) is 75.3 Å². The summed E-state index contributed by atoms with van der Waals surface area (Å²) < 4.78 is 43.2. The number of H-pyrrole nitrogens is 1. The molecule has 1 aliphatic heterocycles. The molecule has 0 atom stereocenters. The molecule has 116 valence electrons. The van der Waals surface area contributed by atoms with E-state index in [-0.39, 0.29) is 5.69 Å². The predicted octanol–water partition coefficient (Wildman–Crippen LogP) is 0.953. The Morgan fingerprint density at radius 2 is 2.05 bits per heavy atom.